The zero-order chi connectivity index (χ0) is 13.5. The number of carbonyl (C=O) groups is 1. The Labute approximate surface area is 118 Å². The zero-order valence-electron chi connectivity index (χ0n) is 11.1. The number of aryl methyl sites for hydroxylation is 2. The highest BCUT2D eigenvalue weighted by Crippen LogP contribution is 2.47. The molecule has 0 spiro atoms. The van der Waals surface area contributed by atoms with Gasteiger partial charge < -0.3 is 0 Å². The van der Waals surface area contributed by atoms with Crippen LogP contribution in [0.4, 0.5) is 0 Å². The van der Waals surface area contributed by atoms with Crippen molar-refractivity contribution < 1.29 is 4.79 Å². The molecule has 2 heteroatoms. The summed E-state index contributed by atoms with van der Waals surface area (Å²) < 4.78 is 0. The van der Waals surface area contributed by atoms with Crippen molar-refractivity contribution in [3.05, 3.63) is 70.8 Å². The molecule has 0 unspecified atom stereocenters. The molecule has 0 aromatic heterocycles. The minimum atomic E-state index is -0.425. The molecule has 0 aliphatic carbocycles. The lowest BCUT2D eigenvalue weighted by Crippen LogP contribution is -2.46. The van der Waals surface area contributed by atoms with Gasteiger partial charge in [0.05, 0.1) is 5.41 Å². The highest BCUT2D eigenvalue weighted by Gasteiger charge is 2.49. The van der Waals surface area contributed by atoms with E-state index in [9.17, 15) is 4.79 Å². The topological polar surface area (TPSA) is 17.1 Å². The summed E-state index contributed by atoms with van der Waals surface area (Å²) in [6.45, 7) is 4.14. The molecule has 96 valence electrons. The van der Waals surface area contributed by atoms with E-state index >= 15 is 0 Å². The highest BCUT2D eigenvalue weighted by molar-refractivity contribution is 8.16. The molecule has 0 N–H and O–H groups in total. The summed E-state index contributed by atoms with van der Waals surface area (Å²) in [5, 5.41) is 0.264. The van der Waals surface area contributed by atoms with Gasteiger partial charge in [0.25, 0.3) is 0 Å². The molecule has 0 radical (unpaired) electrons. The van der Waals surface area contributed by atoms with Gasteiger partial charge in [0.2, 0.25) is 5.12 Å². The Kier molecular flexibility index (Phi) is 2.98. The number of hydrogen-bond acceptors (Lipinski definition) is 2. The van der Waals surface area contributed by atoms with E-state index in [-0.39, 0.29) is 5.12 Å². The van der Waals surface area contributed by atoms with Gasteiger partial charge in [0.1, 0.15) is 0 Å². The lowest BCUT2D eigenvalue weighted by atomic mass is 9.76. The van der Waals surface area contributed by atoms with Crippen molar-refractivity contribution in [2.24, 2.45) is 0 Å². The normalized spacial score (nSPS) is 17.1. The van der Waals surface area contributed by atoms with E-state index in [1.165, 1.54) is 22.9 Å². The predicted octanol–water partition coefficient (Wildman–Crippen LogP) is 3.86. The van der Waals surface area contributed by atoms with Crippen LogP contribution in [0, 0.1) is 13.8 Å². The van der Waals surface area contributed by atoms with Crippen LogP contribution in [0.15, 0.2) is 48.5 Å². The van der Waals surface area contributed by atoms with Gasteiger partial charge in [-0.15, -0.1) is 0 Å². The molecule has 2 aromatic rings. The summed E-state index contributed by atoms with van der Waals surface area (Å²) in [5.41, 5.74) is 4.26. The highest BCUT2D eigenvalue weighted by atomic mass is 32.2. The first-order valence-electron chi connectivity index (χ1n) is 6.44. The van der Waals surface area contributed by atoms with Crippen LogP contribution >= 0.6 is 11.8 Å². The van der Waals surface area contributed by atoms with Gasteiger partial charge in [0.15, 0.2) is 0 Å². The molecule has 1 nitrogen and oxygen atoms in total. The molecule has 19 heavy (non-hydrogen) atoms. The van der Waals surface area contributed by atoms with Crippen LogP contribution in [0.1, 0.15) is 22.3 Å². The lowest BCUT2D eigenvalue weighted by molar-refractivity contribution is -0.115. The van der Waals surface area contributed by atoms with Crippen LogP contribution in [0.3, 0.4) is 0 Å². The van der Waals surface area contributed by atoms with Crippen LogP contribution in [-0.2, 0) is 10.2 Å². The maximum absolute atomic E-state index is 12.3. The smallest absolute Gasteiger partial charge is 0.204 e. The van der Waals surface area contributed by atoms with Crippen molar-refractivity contribution in [2.45, 2.75) is 19.3 Å². The zero-order valence-corrected chi connectivity index (χ0v) is 12.0. The molecule has 3 rings (SSSR count). The molecule has 1 heterocycles. The maximum Gasteiger partial charge on any atom is 0.204 e. The quantitative estimate of drug-likeness (QED) is 0.822. The molecule has 0 amide bonds. The minimum Gasteiger partial charge on any atom is -0.286 e. The Morgan fingerprint density at radius 2 is 1.26 bits per heavy atom. The van der Waals surface area contributed by atoms with Gasteiger partial charge in [0, 0.05) is 5.75 Å². The van der Waals surface area contributed by atoms with E-state index in [4.69, 9.17) is 0 Å². The predicted molar refractivity (Wildman–Crippen MR) is 80.6 cm³/mol. The summed E-state index contributed by atoms with van der Waals surface area (Å²) in [6.07, 6.45) is 0. The number of hydrogen-bond donors (Lipinski definition) is 0. The first kappa shape index (κ1) is 12.5. The average molecular weight is 268 g/mol. The van der Waals surface area contributed by atoms with Crippen LogP contribution < -0.4 is 0 Å². The number of rotatable bonds is 2. The third-order valence-electron chi connectivity index (χ3n) is 3.86. The number of thioether (sulfide) groups is 1. The summed E-state index contributed by atoms with van der Waals surface area (Å²) in [6, 6.07) is 16.7. The van der Waals surface area contributed by atoms with E-state index in [1.807, 2.05) is 0 Å². The first-order valence-corrected chi connectivity index (χ1v) is 7.43. The van der Waals surface area contributed by atoms with Gasteiger partial charge in [-0.2, -0.15) is 0 Å². The Balaban J connectivity index is 2.12. The van der Waals surface area contributed by atoms with Gasteiger partial charge in [-0.3, -0.25) is 4.79 Å². The van der Waals surface area contributed by atoms with Crippen molar-refractivity contribution in [3.8, 4) is 0 Å². The lowest BCUT2D eigenvalue weighted by Gasteiger charge is -2.40. The summed E-state index contributed by atoms with van der Waals surface area (Å²) >= 11 is 1.43. The van der Waals surface area contributed by atoms with Crippen molar-refractivity contribution in [1.82, 2.24) is 0 Å². The molecule has 1 fully saturated rings. The van der Waals surface area contributed by atoms with Gasteiger partial charge in [-0.1, -0.05) is 71.4 Å². The summed E-state index contributed by atoms with van der Waals surface area (Å²) in [4.78, 5) is 12.3. The number of carbonyl (C=O) groups excluding carboxylic acids is 1. The monoisotopic (exact) mass is 268 g/mol. The largest absolute Gasteiger partial charge is 0.286 e. The standard InChI is InChI=1S/C17H16OS/c1-12-3-7-14(8-4-12)17(11-19-16(17)18)15-9-5-13(2)6-10-15/h3-10H,11H2,1-2H3. The van der Waals surface area contributed by atoms with E-state index in [0.717, 1.165) is 16.9 Å². The molecule has 1 aliphatic heterocycles. The second-order valence-electron chi connectivity index (χ2n) is 5.21. The van der Waals surface area contributed by atoms with E-state index in [0.29, 0.717) is 0 Å². The molecule has 0 bridgehead atoms. The SMILES string of the molecule is Cc1ccc(C2(c3ccc(C)cc3)CSC2=O)cc1. The fraction of sp³-hybridized carbons (Fsp3) is 0.235. The molecule has 1 saturated heterocycles. The molecule has 0 atom stereocenters. The van der Waals surface area contributed by atoms with Gasteiger partial charge >= 0.3 is 0 Å². The Bertz CT molecular complexity index is 565. The van der Waals surface area contributed by atoms with Gasteiger partial charge in [-0.05, 0) is 25.0 Å². The minimum absolute atomic E-state index is 0.264. The molecule has 0 saturated carbocycles. The molecular formula is C17H16OS. The fourth-order valence-electron chi connectivity index (χ4n) is 2.52. The van der Waals surface area contributed by atoms with Crippen LogP contribution in [-0.4, -0.2) is 10.9 Å². The Morgan fingerprint density at radius 3 is 1.53 bits per heavy atom. The molecular weight excluding hydrogens is 252 g/mol. The second kappa shape index (κ2) is 4.53. The fourth-order valence-corrected chi connectivity index (χ4v) is 3.64. The maximum atomic E-state index is 12.3. The van der Waals surface area contributed by atoms with E-state index in [1.54, 1.807) is 0 Å². The second-order valence-corrected chi connectivity index (χ2v) is 6.16. The summed E-state index contributed by atoms with van der Waals surface area (Å²) in [5.74, 6) is 0.845. The average Bonchev–Trinajstić information content (AvgIpc) is 2.42. The van der Waals surface area contributed by atoms with Crippen molar-refractivity contribution in [1.29, 1.82) is 0 Å². The first-order chi connectivity index (χ1) is 9.13. The number of benzene rings is 2. The molecule has 1 aliphatic rings. The Hall–Kier alpha value is -1.54. The van der Waals surface area contributed by atoms with E-state index in [2.05, 4.69) is 62.4 Å². The van der Waals surface area contributed by atoms with Crippen molar-refractivity contribution in [3.63, 3.8) is 0 Å². The van der Waals surface area contributed by atoms with Crippen LogP contribution in [0.25, 0.3) is 0 Å². The summed E-state index contributed by atoms with van der Waals surface area (Å²) in [7, 11) is 0. The van der Waals surface area contributed by atoms with E-state index < -0.39 is 5.41 Å². The third-order valence-corrected chi connectivity index (χ3v) is 5.04. The van der Waals surface area contributed by atoms with Crippen LogP contribution in [0.5, 0.6) is 0 Å². The van der Waals surface area contributed by atoms with Crippen molar-refractivity contribution >= 4 is 16.9 Å². The van der Waals surface area contributed by atoms with Crippen LogP contribution in [0.2, 0.25) is 0 Å². The van der Waals surface area contributed by atoms with Gasteiger partial charge in [-0.25, -0.2) is 0 Å². The molecule has 2 aromatic carbocycles. The third kappa shape index (κ3) is 1.91. The Morgan fingerprint density at radius 1 is 0.842 bits per heavy atom. The van der Waals surface area contributed by atoms with Crippen molar-refractivity contribution in [2.75, 3.05) is 5.75 Å².